The number of methoxy groups -OCH3 is 2. The van der Waals surface area contributed by atoms with Crippen molar-refractivity contribution in [3.05, 3.63) is 29.5 Å². The van der Waals surface area contributed by atoms with Crippen LogP contribution in [0, 0.1) is 0 Å². The van der Waals surface area contributed by atoms with Crippen LogP contribution in [0.4, 0.5) is 0 Å². The molecule has 0 radical (unpaired) electrons. The summed E-state index contributed by atoms with van der Waals surface area (Å²) in [5.41, 5.74) is 2.00. The zero-order chi connectivity index (χ0) is 12.8. The van der Waals surface area contributed by atoms with Gasteiger partial charge in [0, 0.05) is 6.07 Å². The number of aromatic nitrogens is 1. The molecule has 1 heterocycles. The van der Waals surface area contributed by atoms with Crippen LogP contribution in [0.1, 0.15) is 36.3 Å². The molecular weight excluding hydrogens is 218 g/mol. The Morgan fingerprint density at radius 2 is 2.12 bits per heavy atom. The molecule has 0 aliphatic heterocycles. The van der Waals surface area contributed by atoms with Gasteiger partial charge in [0.05, 0.1) is 25.5 Å². The van der Waals surface area contributed by atoms with Crippen molar-refractivity contribution >= 4 is 11.5 Å². The third-order valence-electron chi connectivity index (χ3n) is 2.37. The summed E-state index contributed by atoms with van der Waals surface area (Å²) in [7, 11) is 2.90. The summed E-state index contributed by atoms with van der Waals surface area (Å²) in [4.78, 5) is 15.9. The molecule has 1 aromatic heterocycles. The van der Waals surface area contributed by atoms with Crippen molar-refractivity contribution < 1.29 is 14.3 Å². The SMILES string of the molecule is CC/C=C(\C)c1nc(OC)ccc1C(=O)OC. The third kappa shape index (κ3) is 3.06. The number of allylic oxidation sites excluding steroid dienone is 2. The second-order valence-electron chi connectivity index (χ2n) is 3.54. The van der Waals surface area contributed by atoms with Gasteiger partial charge in [-0.2, -0.15) is 0 Å². The van der Waals surface area contributed by atoms with E-state index in [0.717, 1.165) is 12.0 Å². The number of pyridine rings is 1. The summed E-state index contributed by atoms with van der Waals surface area (Å²) in [5.74, 6) is 0.0931. The van der Waals surface area contributed by atoms with Crippen LogP contribution in [0.5, 0.6) is 5.88 Å². The molecule has 4 nitrogen and oxygen atoms in total. The third-order valence-corrected chi connectivity index (χ3v) is 2.37. The summed E-state index contributed by atoms with van der Waals surface area (Å²) in [6.45, 7) is 3.94. The minimum Gasteiger partial charge on any atom is -0.481 e. The quantitative estimate of drug-likeness (QED) is 0.753. The molecule has 0 spiro atoms. The normalized spacial score (nSPS) is 11.2. The minimum atomic E-state index is -0.390. The van der Waals surface area contributed by atoms with E-state index in [1.54, 1.807) is 19.2 Å². The first-order chi connectivity index (χ1) is 8.13. The van der Waals surface area contributed by atoms with Crippen molar-refractivity contribution in [2.75, 3.05) is 14.2 Å². The molecule has 0 saturated heterocycles. The summed E-state index contributed by atoms with van der Waals surface area (Å²) >= 11 is 0. The predicted molar refractivity (Wildman–Crippen MR) is 66.1 cm³/mol. The van der Waals surface area contributed by atoms with Crippen molar-refractivity contribution in [2.24, 2.45) is 0 Å². The maximum absolute atomic E-state index is 11.6. The Hall–Kier alpha value is -1.84. The van der Waals surface area contributed by atoms with Crippen LogP contribution < -0.4 is 4.74 Å². The van der Waals surface area contributed by atoms with E-state index in [2.05, 4.69) is 4.98 Å². The van der Waals surface area contributed by atoms with E-state index in [1.807, 2.05) is 19.9 Å². The van der Waals surface area contributed by atoms with Crippen LogP contribution in [-0.2, 0) is 4.74 Å². The number of hydrogen-bond donors (Lipinski definition) is 0. The number of ether oxygens (including phenoxy) is 2. The van der Waals surface area contributed by atoms with Crippen LogP contribution in [0.2, 0.25) is 0 Å². The molecule has 4 heteroatoms. The molecule has 0 aromatic carbocycles. The fraction of sp³-hybridized carbons (Fsp3) is 0.385. The fourth-order valence-corrected chi connectivity index (χ4v) is 1.53. The van der Waals surface area contributed by atoms with Crippen LogP contribution in [0.3, 0.4) is 0 Å². The molecule has 1 aromatic rings. The number of carbonyl (C=O) groups excluding carboxylic acids is 1. The number of rotatable bonds is 4. The van der Waals surface area contributed by atoms with Gasteiger partial charge in [-0.25, -0.2) is 9.78 Å². The summed E-state index contributed by atoms with van der Waals surface area (Å²) in [6, 6.07) is 3.31. The van der Waals surface area contributed by atoms with E-state index in [1.165, 1.54) is 7.11 Å². The first-order valence-electron chi connectivity index (χ1n) is 5.44. The van der Waals surface area contributed by atoms with Crippen LogP contribution in [0.15, 0.2) is 18.2 Å². The highest BCUT2D eigenvalue weighted by Crippen LogP contribution is 2.21. The van der Waals surface area contributed by atoms with Gasteiger partial charge in [0.25, 0.3) is 0 Å². The number of nitrogens with zero attached hydrogens (tertiary/aromatic N) is 1. The first-order valence-corrected chi connectivity index (χ1v) is 5.44. The molecule has 0 aliphatic carbocycles. The Labute approximate surface area is 101 Å². The minimum absolute atomic E-state index is 0.390. The lowest BCUT2D eigenvalue weighted by atomic mass is 10.1. The molecule has 0 aliphatic rings. The highest BCUT2D eigenvalue weighted by molar-refractivity contribution is 5.94. The van der Waals surface area contributed by atoms with Gasteiger partial charge in [0.15, 0.2) is 0 Å². The summed E-state index contributed by atoms with van der Waals surface area (Å²) < 4.78 is 9.79. The number of carbonyl (C=O) groups is 1. The van der Waals surface area contributed by atoms with Gasteiger partial charge >= 0.3 is 5.97 Å². The molecule has 0 unspecified atom stereocenters. The van der Waals surface area contributed by atoms with Crippen molar-refractivity contribution in [3.63, 3.8) is 0 Å². The molecule has 0 amide bonds. The fourth-order valence-electron chi connectivity index (χ4n) is 1.53. The van der Waals surface area contributed by atoms with Gasteiger partial charge in [0.2, 0.25) is 5.88 Å². The lowest BCUT2D eigenvalue weighted by Crippen LogP contribution is -2.07. The number of esters is 1. The summed E-state index contributed by atoms with van der Waals surface area (Å²) in [5, 5.41) is 0. The number of hydrogen-bond acceptors (Lipinski definition) is 4. The second kappa shape index (κ2) is 6.03. The van der Waals surface area contributed by atoms with Crippen molar-refractivity contribution in [3.8, 4) is 5.88 Å². The zero-order valence-electron chi connectivity index (χ0n) is 10.6. The molecular formula is C13H17NO3. The van der Waals surface area contributed by atoms with Gasteiger partial charge in [-0.15, -0.1) is 0 Å². The van der Waals surface area contributed by atoms with Gasteiger partial charge in [0.1, 0.15) is 0 Å². The van der Waals surface area contributed by atoms with Crippen molar-refractivity contribution in [1.29, 1.82) is 0 Å². The van der Waals surface area contributed by atoms with E-state index in [9.17, 15) is 4.79 Å². The molecule has 0 atom stereocenters. The zero-order valence-corrected chi connectivity index (χ0v) is 10.6. The van der Waals surface area contributed by atoms with E-state index >= 15 is 0 Å². The molecule has 0 fully saturated rings. The van der Waals surface area contributed by atoms with E-state index in [0.29, 0.717) is 17.1 Å². The lowest BCUT2D eigenvalue weighted by Gasteiger charge is -2.09. The average molecular weight is 235 g/mol. The standard InChI is InChI=1S/C13H17NO3/c1-5-6-9(2)12-10(13(15)17-4)7-8-11(14-12)16-3/h6-8H,5H2,1-4H3/b9-6+. The smallest absolute Gasteiger partial charge is 0.340 e. The molecule has 92 valence electrons. The Morgan fingerprint density at radius 1 is 1.41 bits per heavy atom. The van der Waals surface area contributed by atoms with Gasteiger partial charge < -0.3 is 9.47 Å². The molecule has 0 bridgehead atoms. The molecule has 0 N–H and O–H groups in total. The van der Waals surface area contributed by atoms with Crippen molar-refractivity contribution in [2.45, 2.75) is 20.3 Å². The predicted octanol–water partition coefficient (Wildman–Crippen LogP) is 2.69. The Balaban J connectivity index is 3.30. The van der Waals surface area contributed by atoms with Crippen molar-refractivity contribution in [1.82, 2.24) is 4.98 Å². The Bertz CT molecular complexity index is 438. The second-order valence-corrected chi connectivity index (χ2v) is 3.54. The van der Waals surface area contributed by atoms with Gasteiger partial charge in [-0.05, 0) is 25.0 Å². The van der Waals surface area contributed by atoms with E-state index in [-0.39, 0.29) is 5.97 Å². The average Bonchev–Trinajstić information content (AvgIpc) is 2.37. The maximum Gasteiger partial charge on any atom is 0.340 e. The van der Waals surface area contributed by atoms with Crippen LogP contribution in [0.25, 0.3) is 5.57 Å². The van der Waals surface area contributed by atoms with Crippen LogP contribution >= 0.6 is 0 Å². The van der Waals surface area contributed by atoms with E-state index < -0.39 is 0 Å². The summed E-state index contributed by atoms with van der Waals surface area (Å²) in [6.07, 6.45) is 2.89. The molecule has 1 rings (SSSR count). The van der Waals surface area contributed by atoms with Crippen LogP contribution in [-0.4, -0.2) is 25.2 Å². The topological polar surface area (TPSA) is 48.4 Å². The molecule has 0 saturated carbocycles. The van der Waals surface area contributed by atoms with Gasteiger partial charge in [-0.3, -0.25) is 0 Å². The maximum atomic E-state index is 11.6. The first kappa shape index (κ1) is 13.2. The highest BCUT2D eigenvalue weighted by Gasteiger charge is 2.15. The van der Waals surface area contributed by atoms with Gasteiger partial charge in [-0.1, -0.05) is 13.0 Å². The molecule has 17 heavy (non-hydrogen) atoms. The largest absolute Gasteiger partial charge is 0.481 e. The highest BCUT2D eigenvalue weighted by atomic mass is 16.5. The Morgan fingerprint density at radius 3 is 2.65 bits per heavy atom. The van der Waals surface area contributed by atoms with E-state index in [4.69, 9.17) is 9.47 Å². The Kier molecular flexibility index (Phi) is 4.69. The monoisotopic (exact) mass is 235 g/mol. The lowest BCUT2D eigenvalue weighted by molar-refractivity contribution is 0.0600.